The smallest absolute Gasteiger partial charge is 0.220 e. The number of hydrogen-bond acceptors (Lipinski definition) is 5. The zero-order chi connectivity index (χ0) is 16.8. The molecule has 126 valence electrons. The van der Waals surface area contributed by atoms with Crippen molar-refractivity contribution in [2.45, 2.75) is 24.5 Å². The SMILES string of the molecule is Cn1nnnc1SCCC(=O)NCCCn1ccc2ccccc21. The maximum atomic E-state index is 11.8. The monoisotopic (exact) mass is 344 g/mol. The highest BCUT2D eigenvalue weighted by atomic mass is 32.2. The van der Waals surface area contributed by atoms with Crippen molar-refractivity contribution in [1.29, 1.82) is 0 Å². The molecule has 0 aliphatic heterocycles. The lowest BCUT2D eigenvalue weighted by Crippen LogP contribution is -2.25. The fourth-order valence-electron chi connectivity index (χ4n) is 2.48. The molecule has 3 rings (SSSR count). The summed E-state index contributed by atoms with van der Waals surface area (Å²) in [6.45, 7) is 1.58. The Labute approximate surface area is 144 Å². The van der Waals surface area contributed by atoms with Crippen LogP contribution < -0.4 is 5.32 Å². The molecule has 0 aliphatic rings. The molecule has 0 radical (unpaired) electrons. The first-order valence-corrected chi connectivity index (χ1v) is 8.88. The van der Waals surface area contributed by atoms with Gasteiger partial charge in [-0.05, 0) is 34.4 Å². The highest BCUT2D eigenvalue weighted by molar-refractivity contribution is 7.99. The van der Waals surface area contributed by atoms with Crippen molar-refractivity contribution in [3.8, 4) is 0 Å². The number of amides is 1. The van der Waals surface area contributed by atoms with Crippen molar-refractivity contribution in [1.82, 2.24) is 30.1 Å². The second-order valence-electron chi connectivity index (χ2n) is 5.45. The van der Waals surface area contributed by atoms with Gasteiger partial charge in [0.25, 0.3) is 0 Å². The fourth-order valence-corrected chi connectivity index (χ4v) is 3.27. The zero-order valence-corrected chi connectivity index (χ0v) is 14.4. The van der Waals surface area contributed by atoms with Crippen molar-refractivity contribution < 1.29 is 4.79 Å². The molecule has 1 amide bonds. The van der Waals surface area contributed by atoms with Gasteiger partial charge in [0.1, 0.15) is 0 Å². The maximum Gasteiger partial charge on any atom is 0.220 e. The molecule has 24 heavy (non-hydrogen) atoms. The lowest BCUT2D eigenvalue weighted by Gasteiger charge is -2.07. The lowest BCUT2D eigenvalue weighted by molar-refractivity contribution is -0.120. The minimum atomic E-state index is 0.0648. The van der Waals surface area contributed by atoms with Crippen LogP contribution >= 0.6 is 11.8 Å². The summed E-state index contributed by atoms with van der Waals surface area (Å²) < 4.78 is 3.82. The number of fused-ring (bicyclic) bond motifs is 1. The number of rotatable bonds is 8. The normalized spacial score (nSPS) is 11.0. The first-order valence-electron chi connectivity index (χ1n) is 7.90. The minimum absolute atomic E-state index is 0.0648. The van der Waals surface area contributed by atoms with Crippen LogP contribution in [0.1, 0.15) is 12.8 Å². The molecule has 1 aromatic carbocycles. The third kappa shape index (κ3) is 4.14. The molecule has 8 heteroatoms. The van der Waals surface area contributed by atoms with Crippen LogP contribution in [0.5, 0.6) is 0 Å². The second kappa shape index (κ2) is 7.96. The summed E-state index contributed by atoms with van der Waals surface area (Å²) in [6.07, 6.45) is 3.47. The summed E-state index contributed by atoms with van der Waals surface area (Å²) in [5.41, 5.74) is 1.23. The molecular formula is C16H20N6OS. The quantitative estimate of drug-likeness (QED) is 0.498. The van der Waals surface area contributed by atoms with Crippen molar-refractivity contribution in [3.05, 3.63) is 36.5 Å². The highest BCUT2D eigenvalue weighted by Gasteiger charge is 2.06. The molecular weight excluding hydrogens is 324 g/mol. The van der Waals surface area contributed by atoms with Crippen LogP contribution in [0.25, 0.3) is 10.9 Å². The van der Waals surface area contributed by atoms with Gasteiger partial charge in [0.05, 0.1) is 0 Å². The van der Waals surface area contributed by atoms with Crippen molar-refractivity contribution in [2.75, 3.05) is 12.3 Å². The number of nitrogens with one attached hydrogen (secondary N) is 1. The van der Waals surface area contributed by atoms with Crippen LogP contribution in [0, 0.1) is 0 Å². The van der Waals surface area contributed by atoms with Gasteiger partial charge in [0.2, 0.25) is 11.1 Å². The lowest BCUT2D eigenvalue weighted by atomic mass is 10.2. The summed E-state index contributed by atoms with van der Waals surface area (Å²) in [4.78, 5) is 11.8. The van der Waals surface area contributed by atoms with Gasteiger partial charge >= 0.3 is 0 Å². The predicted molar refractivity (Wildman–Crippen MR) is 93.7 cm³/mol. The van der Waals surface area contributed by atoms with Gasteiger partial charge in [-0.2, -0.15) is 0 Å². The van der Waals surface area contributed by atoms with Crippen LogP contribution in [-0.4, -0.2) is 43.0 Å². The molecule has 1 N–H and O–H groups in total. The number of thioether (sulfide) groups is 1. The molecule has 0 aliphatic carbocycles. The molecule has 0 unspecified atom stereocenters. The number of tetrazole rings is 1. The fraction of sp³-hybridized carbons (Fsp3) is 0.375. The summed E-state index contributed by atoms with van der Waals surface area (Å²) in [6, 6.07) is 10.4. The van der Waals surface area contributed by atoms with Crippen molar-refractivity contribution in [2.24, 2.45) is 7.05 Å². The van der Waals surface area contributed by atoms with Crippen LogP contribution in [0.3, 0.4) is 0 Å². The Hall–Kier alpha value is -2.35. The predicted octanol–water partition coefficient (Wildman–Crippen LogP) is 1.85. The molecule has 0 bridgehead atoms. The van der Waals surface area contributed by atoms with Crippen molar-refractivity contribution in [3.63, 3.8) is 0 Å². The van der Waals surface area contributed by atoms with Gasteiger partial charge in [-0.15, -0.1) is 5.10 Å². The molecule has 0 atom stereocenters. The van der Waals surface area contributed by atoms with Gasteiger partial charge in [0.15, 0.2) is 0 Å². The molecule has 0 saturated carbocycles. The van der Waals surface area contributed by atoms with Gasteiger partial charge in [0, 0.05) is 44.0 Å². The summed E-state index contributed by atoms with van der Waals surface area (Å²) in [5, 5.41) is 16.1. The van der Waals surface area contributed by atoms with Gasteiger partial charge in [-0.3, -0.25) is 4.79 Å². The Kier molecular flexibility index (Phi) is 5.47. The summed E-state index contributed by atoms with van der Waals surface area (Å²) in [5.74, 6) is 0.734. The summed E-state index contributed by atoms with van der Waals surface area (Å²) >= 11 is 1.48. The van der Waals surface area contributed by atoms with E-state index >= 15 is 0 Å². The van der Waals surface area contributed by atoms with Crippen LogP contribution in [0.15, 0.2) is 41.7 Å². The van der Waals surface area contributed by atoms with Crippen LogP contribution in [0.2, 0.25) is 0 Å². The minimum Gasteiger partial charge on any atom is -0.356 e. The third-order valence-corrected chi connectivity index (χ3v) is 4.73. The van der Waals surface area contributed by atoms with Crippen LogP contribution in [0.4, 0.5) is 0 Å². The van der Waals surface area contributed by atoms with E-state index in [1.807, 2.05) is 12.1 Å². The largest absolute Gasteiger partial charge is 0.356 e. The first kappa shape index (κ1) is 16.5. The molecule has 2 aromatic heterocycles. The average Bonchev–Trinajstić information content (AvgIpc) is 3.18. The van der Waals surface area contributed by atoms with Gasteiger partial charge in [-0.25, -0.2) is 4.68 Å². The van der Waals surface area contributed by atoms with Crippen LogP contribution in [-0.2, 0) is 18.4 Å². The Morgan fingerprint density at radius 3 is 3.00 bits per heavy atom. The molecule has 0 saturated heterocycles. The van der Waals surface area contributed by atoms with E-state index in [2.05, 4.69) is 49.8 Å². The van der Waals surface area contributed by atoms with E-state index in [0.29, 0.717) is 18.7 Å². The Bertz CT molecular complexity index is 812. The Morgan fingerprint density at radius 1 is 1.29 bits per heavy atom. The first-order chi connectivity index (χ1) is 11.7. The number of hydrogen-bond donors (Lipinski definition) is 1. The number of nitrogens with zero attached hydrogens (tertiary/aromatic N) is 5. The number of aromatic nitrogens is 5. The van der Waals surface area contributed by atoms with E-state index < -0.39 is 0 Å². The summed E-state index contributed by atoms with van der Waals surface area (Å²) in [7, 11) is 1.79. The zero-order valence-electron chi connectivity index (χ0n) is 13.6. The van der Waals surface area contributed by atoms with E-state index in [1.165, 1.54) is 22.7 Å². The topological polar surface area (TPSA) is 77.6 Å². The van der Waals surface area contributed by atoms with E-state index in [0.717, 1.165) is 18.1 Å². The number of aryl methyl sites for hydroxylation is 2. The third-order valence-electron chi connectivity index (χ3n) is 3.72. The Morgan fingerprint density at radius 2 is 2.17 bits per heavy atom. The average molecular weight is 344 g/mol. The highest BCUT2D eigenvalue weighted by Crippen LogP contribution is 2.15. The molecule has 0 spiro atoms. The maximum absolute atomic E-state index is 11.8. The molecule has 0 fully saturated rings. The molecule has 3 aromatic rings. The number of benzene rings is 1. The second-order valence-corrected chi connectivity index (χ2v) is 6.52. The molecule has 2 heterocycles. The van der Waals surface area contributed by atoms with Crippen molar-refractivity contribution >= 4 is 28.6 Å². The van der Waals surface area contributed by atoms with Gasteiger partial charge < -0.3 is 9.88 Å². The van der Waals surface area contributed by atoms with Gasteiger partial charge in [-0.1, -0.05) is 30.0 Å². The number of carbonyl (C=O) groups is 1. The van der Waals surface area contributed by atoms with E-state index in [1.54, 1.807) is 11.7 Å². The van der Waals surface area contributed by atoms with E-state index in [-0.39, 0.29) is 5.91 Å². The molecule has 7 nitrogen and oxygen atoms in total. The Balaban J connectivity index is 1.34. The van der Waals surface area contributed by atoms with E-state index in [4.69, 9.17) is 0 Å². The standard InChI is InChI=1S/C16H20N6OS/c1-21-16(18-19-20-21)24-12-8-15(23)17-9-4-10-22-11-7-13-5-2-3-6-14(13)22/h2-3,5-7,11H,4,8-10,12H2,1H3,(H,17,23). The number of para-hydroxylation sites is 1. The number of carbonyl (C=O) groups excluding carboxylic acids is 1. The van der Waals surface area contributed by atoms with E-state index in [9.17, 15) is 4.79 Å².